The molecule has 4 heteroatoms. The average Bonchev–Trinajstić information content (AvgIpc) is 2.82. The molecule has 1 aliphatic rings. The maximum absolute atomic E-state index is 5.43. The van der Waals surface area contributed by atoms with Crippen LogP contribution in [0.2, 0.25) is 0 Å². The molecule has 2 aromatic heterocycles. The Morgan fingerprint density at radius 1 is 1.44 bits per heavy atom. The first kappa shape index (κ1) is 9.66. The molecular weight excluding hydrogens is 204 g/mol. The molecule has 1 fully saturated rings. The normalized spacial score (nSPS) is 15.6. The summed E-state index contributed by atoms with van der Waals surface area (Å²) in [4.78, 5) is 4.42. The first-order chi connectivity index (χ1) is 7.83. The van der Waals surface area contributed by atoms with Crippen LogP contribution in [0.1, 0.15) is 24.3 Å². The van der Waals surface area contributed by atoms with Gasteiger partial charge < -0.3 is 14.2 Å². The number of furan rings is 1. The van der Waals surface area contributed by atoms with Gasteiger partial charge in [-0.25, -0.2) is 4.98 Å². The third-order valence-corrected chi connectivity index (χ3v) is 2.79. The van der Waals surface area contributed by atoms with Gasteiger partial charge in [-0.3, -0.25) is 0 Å². The Morgan fingerprint density at radius 2 is 2.31 bits per heavy atom. The fourth-order valence-corrected chi connectivity index (χ4v) is 1.66. The number of hydrogen-bond acceptors (Lipinski definition) is 4. The molecule has 1 aliphatic carbocycles. The third-order valence-electron chi connectivity index (χ3n) is 2.79. The van der Waals surface area contributed by atoms with Gasteiger partial charge in [-0.15, -0.1) is 0 Å². The van der Waals surface area contributed by atoms with Crippen LogP contribution in [0, 0.1) is 6.92 Å². The van der Waals surface area contributed by atoms with E-state index < -0.39 is 0 Å². The highest BCUT2D eigenvalue weighted by Gasteiger charge is 2.20. The van der Waals surface area contributed by atoms with Crippen molar-refractivity contribution < 1.29 is 8.83 Å². The fraction of sp³-hybridized carbons (Fsp3) is 0.417. The minimum absolute atomic E-state index is 0.638. The van der Waals surface area contributed by atoms with Crippen molar-refractivity contribution in [3.05, 3.63) is 30.0 Å². The largest absolute Gasteiger partial charge is 0.469 e. The van der Waals surface area contributed by atoms with Gasteiger partial charge >= 0.3 is 0 Å². The van der Waals surface area contributed by atoms with Crippen molar-refractivity contribution in [3.63, 3.8) is 0 Å². The van der Waals surface area contributed by atoms with E-state index in [1.165, 1.54) is 12.8 Å². The van der Waals surface area contributed by atoms with Crippen molar-refractivity contribution in [2.24, 2.45) is 0 Å². The zero-order valence-corrected chi connectivity index (χ0v) is 9.19. The Labute approximate surface area is 93.7 Å². The van der Waals surface area contributed by atoms with Gasteiger partial charge in [0.25, 0.3) is 0 Å². The molecule has 16 heavy (non-hydrogen) atoms. The second-order valence-electron chi connectivity index (χ2n) is 4.19. The number of rotatable bonds is 4. The molecule has 3 rings (SSSR count). The molecule has 0 unspecified atom stereocenters. The SMILES string of the molecule is Cc1occc1-c1nc(CNC2CC2)co1. The van der Waals surface area contributed by atoms with Crippen LogP contribution in [0.5, 0.6) is 0 Å². The van der Waals surface area contributed by atoms with Crippen molar-refractivity contribution in [1.29, 1.82) is 0 Å². The van der Waals surface area contributed by atoms with Crippen LogP contribution >= 0.6 is 0 Å². The quantitative estimate of drug-likeness (QED) is 0.856. The van der Waals surface area contributed by atoms with Gasteiger partial charge in [0.15, 0.2) is 0 Å². The number of oxazole rings is 1. The highest BCUT2D eigenvalue weighted by atomic mass is 16.4. The van der Waals surface area contributed by atoms with Crippen LogP contribution < -0.4 is 5.32 Å². The van der Waals surface area contributed by atoms with E-state index >= 15 is 0 Å². The zero-order valence-electron chi connectivity index (χ0n) is 9.19. The Morgan fingerprint density at radius 3 is 3.00 bits per heavy atom. The van der Waals surface area contributed by atoms with E-state index in [-0.39, 0.29) is 0 Å². The van der Waals surface area contributed by atoms with Gasteiger partial charge in [-0.1, -0.05) is 0 Å². The molecule has 0 atom stereocenters. The zero-order chi connectivity index (χ0) is 11.0. The highest BCUT2D eigenvalue weighted by Crippen LogP contribution is 2.24. The van der Waals surface area contributed by atoms with Crippen LogP contribution in [-0.2, 0) is 6.54 Å². The molecule has 1 N–H and O–H groups in total. The summed E-state index contributed by atoms with van der Waals surface area (Å²) in [7, 11) is 0. The Hall–Kier alpha value is -1.55. The summed E-state index contributed by atoms with van der Waals surface area (Å²) >= 11 is 0. The summed E-state index contributed by atoms with van der Waals surface area (Å²) in [6, 6.07) is 2.56. The standard InChI is InChI=1S/C12H14N2O2/c1-8-11(4-5-15-8)12-14-10(7-16-12)6-13-9-2-3-9/h4-5,7,9,13H,2-3,6H2,1H3. The van der Waals surface area contributed by atoms with Gasteiger partial charge in [-0.2, -0.15) is 0 Å². The summed E-state index contributed by atoms with van der Waals surface area (Å²) in [6.45, 7) is 2.69. The molecule has 0 aliphatic heterocycles. The Bertz CT molecular complexity index is 483. The van der Waals surface area contributed by atoms with E-state index in [4.69, 9.17) is 8.83 Å². The second-order valence-corrected chi connectivity index (χ2v) is 4.19. The number of nitrogens with zero attached hydrogens (tertiary/aromatic N) is 1. The molecule has 0 aromatic carbocycles. The summed E-state index contributed by atoms with van der Waals surface area (Å²) in [5.41, 5.74) is 1.88. The van der Waals surface area contributed by atoms with Gasteiger partial charge in [0.1, 0.15) is 12.0 Å². The monoisotopic (exact) mass is 218 g/mol. The Kier molecular flexibility index (Phi) is 2.29. The minimum atomic E-state index is 0.638. The van der Waals surface area contributed by atoms with Gasteiger partial charge in [0.2, 0.25) is 5.89 Å². The third kappa shape index (κ3) is 1.88. The van der Waals surface area contributed by atoms with E-state index in [2.05, 4.69) is 10.3 Å². The summed E-state index contributed by atoms with van der Waals surface area (Å²) in [5.74, 6) is 1.47. The molecule has 4 nitrogen and oxygen atoms in total. The number of aromatic nitrogens is 1. The first-order valence-electron chi connectivity index (χ1n) is 5.55. The van der Waals surface area contributed by atoms with E-state index in [1.807, 2.05) is 13.0 Å². The first-order valence-corrected chi connectivity index (χ1v) is 5.55. The van der Waals surface area contributed by atoms with Crippen LogP contribution in [0.4, 0.5) is 0 Å². The summed E-state index contributed by atoms with van der Waals surface area (Å²) in [5, 5.41) is 3.40. The molecule has 0 spiro atoms. The molecule has 0 bridgehead atoms. The summed E-state index contributed by atoms with van der Waals surface area (Å²) in [6.07, 6.45) is 5.92. The van der Waals surface area contributed by atoms with Gasteiger partial charge in [-0.05, 0) is 25.8 Å². The maximum atomic E-state index is 5.43. The predicted octanol–water partition coefficient (Wildman–Crippen LogP) is 2.50. The average molecular weight is 218 g/mol. The van der Waals surface area contributed by atoms with Crippen molar-refractivity contribution in [1.82, 2.24) is 10.3 Å². The van der Waals surface area contributed by atoms with E-state index in [1.54, 1.807) is 12.5 Å². The predicted molar refractivity (Wildman–Crippen MR) is 58.8 cm³/mol. The molecule has 84 valence electrons. The van der Waals surface area contributed by atoms with Crippen LogP contribution in [-0.4, -0.2) is 11.0 Å². The van der Waals surface area contributed by atoms with Gasteiger partial charge in [0.05, 0.1) is 17.5 Å². The van der Waals surface area contributed by atoms with Gasteiger partial charge in [0, 0.05) is 12.6 Å². The smallest absolute Gasteiger partial charge is 0.229 e. The summed E-state index contributed by atoms with van der Waals surface area (Å²) < 4.78 is 10.7. The second kappa shape index (κ2) is 3.79. The van der Waals surface area contributed by atoms with Crippen molar-refractivity contribution >= 4 is 0 Å². The van der Waals surface area contributed by atoms with Crippen molar-refractivity contribution in [2.75, 3.05) is 0 Å². The maximum Gasteiger partial charge on any atom is 0.229 e. The topological polar surface area (TPSA) is 51.2 Å². The number of nitrogens with one attached hydrogen (secondary N) is 1. The lowest BCUT2D eigenvalue weighted by atomic mass is 10.2. The molecule has 0 amide bonds. The molecular formula is C12H14N2O2. The van der Waals surface area contributed by atoms with Crippen molar-refractivity contribution in [3.8, 4) is 11.5 Å². The van der Waals surface area contributed by atoms with Crippen LogP contribution in [0.25, 0.3) is 11.5 Å². The highest BCUT2D eigenvalue weighted by molar-refractivity contribution is 5.55. The lowest BCUT2D eigenvalue weighted by molar-refractivity contribution is 0.529. The number of aryl methyl sites for hydroxylation is 1. The molecule has 0 radical (unpaired) electrons. The molecule has 0 saturated heterocycles. The fourth-order valence-electron chi connectivity index (χ4n) is 1.66. The van der Waals surface area contributed by atoms with E-state index in [0.717, 1.165) is 23.6 Å². The van der Waals surface area contributed by atoms with Crippen molar-refractivity contribution in [2.45, 2.75) is 32.4 Å². The molecule has 1 saturated carbocycles. The number of hydrogen-bond donors (Lipinski definition) is 1. The minimum Gasteiger partial charge on any atom is -0.469 e. The lowest BCUT2D eigenvalue weighted by Gasteiger charge is -1.96. The van der Waals surface area contributed by atoms with Crippen LogP contribution in [0.3, 0.4) is 0 Å². The lowest BCUT2D eigenvalue weighted by Crippen LogP contribution is -2.15. The van der Waals surface area contributed by atoms with Crippen LogP contribution in [0.15, 0.2) is 27.4 Å². The Balaban J connectivity index is 1.74. The molecule has 2 heterocycles. The van der Waals surface area contributed by atoms with E-state index in [0.29, 0.717) is 11.9 Å². The molecule has 2 aromatic rings. The van der Waals surface area contributed by atoms with E-state index in [9.17, 15) is 0 Å².